The molecule has 1 heterocycles. The molecule has 1 aliphatic heterocycles. The Morgan fingerprint density at radius 2 is 2.26 bits per heavy atom. The van der Waals surface area contributed by atoms with Gasteiger partial charge in [-0.1, -0.05) is 6.07 Å². The molecule has 1 saturated carbocycles. The molecule has 1 aromatic rings. The molecule has 0 aromatic heterocycles. The lowest BCUT2D eigenvalue weighted by Crippen LogP contribution is -2.57. The molecule has 0 radical (unpaired) electrons. The maximum absolute atomic E-state index is 13.7. The summed E-state index contributed by atoms with van der Waals surface area (Å²) in [4.78, 5) is 0. The summed E-state index contributed by atoms with van der Waals surface area (Å²) in [5, 5.41) is 16.2. The molecule has 2 aliphatic rings. The Morgan fingerprint density at radius 3 is 2.95 bits per heavy atom. The summed E-state index contributed by atoms with van der Waals surface area (Å²) in [6, 6.07) is 5.26. The van der Waals surface area contributed by atoms with Crippen molar-refractivity contribution < 1.29 is 9.50 Å². The number of hydrogen-bond donors (Lipinski definition) is 3. The van der Waals surface area contributed by atoms with E-state index in [2.05, 4.69) is 10.6 Å². The van der Waals surface area contributed by atoms with E-state index in [1.807, 2.05) is 0 Å². The zero-order valence-electron chi connectivity index (χ0n) is 11.1. The molecule has 1 atom stereocenters. The lowest BCUT2D eigenvalue weighted by Gasteiger charge is -2.44. The van der Waals surface area contributed by atoms with Gasteiger partial charge in [0.05, 0.1) is 6.61 Å². The van der Waals surface area contributed by atoms with E-state index in [0.717, 1.165) is 18.5 Å². The highest BCUT2D eigenvalue weighted by atomic mass is 19.1. The van der Waals surface area contributed by atoms with Gasteiger partial charge in [-0.2, -0.15) is 0 Å². The first-order valence-corrected chi connectivity index (χ1v) is 7.10. The summed E-state index contributed by atoms with van der Waals surface area (Å²) in [5.74, 6) is -0.196. The van der Waals surface area contributed by atoms with Gasteiger partial charge in [0, 0.05) is 23.7 Å². The second-order valence-corrected chi connectivity index (χ2v) is 5.74. The van der Waals surface area contributed by atoms with E-state index in [1.54, 1.807) is 12.1 Å². The molecule has 1 aromatic carbocycles. The third-order valence-electron chi connectivity index (χ3n) is 4.65. The van der Waals surface area contributed by atoms with Crippen LogP contribution in [0.2, 0.25) is 0 Å². The molecular weight excluding hydrogens is 243 g/mol. The average Bonchev–Trinajstić information content (AvgIpc) is 2.81. The van der Waals surface area contributed by atoms with Crippen molar-refractivity contribution in [2.45, 2.75) is 50.4 Å². The van der Waals surface area contributed by atoms with Gasteiger partial charge in [0.1, 0.15) is 5.82 Å². The van der Waals surface area contributed by atoms with Crippen LogP contribution >= 0.6 is 0 Å². The van der Waals surface area contributed by atoms with Crippen molar-refractivity contribution >= 4 is 0 Å². The van der Waals surface area contributed by atoms with Crippen molar-refractivity contribution in [1.82, 2.24) is 10.6 Å². The number of hydrogen-bond acceptors (Lipinski definition) is 3. The van der Waals surface area contributed by atoms with Gasteiger partial charge in [-0.3, -0.25) is 0 Å². The van der Waals surface area contributed by atoms with E-state index in [9.17, 15) is 4.39 Å². The van der Waals surface area contributed by atoms with Crippen LogP contribution in [0.5, 0.6) is 0 Å². The molecule has 1 unspecified atom stereocenters. The van der Waals surface area contributed by atoms with Gasteiger partial charge in [-0.15, -0.1) is 0 Å². The Balaban J connectivity index is 1.66. The van der Waals surface area contributed by atoms with Gasteiger partial charge in [0.2, 0.25) is 0 Å². The molecular formula is C15H21FN2O. The predicted octanol–water partition coefficient (Wildman–Crippen LogP) is 1.69. The summed E-state index contributed by atoms with van der Waals surface area (Å²) in [6.07, 6.45) is 4.86. The highest BCUT2D eigenvalue weighted by molar-refractivity contribution is 5.25. The minimum absolute atomic E-state index is 0.0395. The second-order valence-electron chi connectivity index (χ2n) is 5.74. The largest absolute Gasteiger partial charge is 0.392 e. The van der Waals surface area contributed by atoms with E-state index >= 15 is 0 Å². The van der Waals surface area contributed by atoms with Crippen LogP contribution in [0.3, 0.4) is 0 Å². The topological polar surface area (TPSA) is 44.3 Å². The third kappa shape index (κ3) is 2.40. The zero-order valence-corrected chi connectivity index (χ0v) is 11.1. The number of halogens is 1. The Morgan fingerprint density at radius 1 is 1.42 bits per heavy atom. The lowest BCUT2D eigenvalue weighted by atomic mass is 9.73. The lowest BCUT2D eigenvalue weighted by molar-refractivity contribution is 0.170. The van der Waals surface area contributed by atoms with Crippen LogP contribution in [-0.2, 0) is 13.2 Å². The summed E-state index contributed by atoms with van der Waals surface area (Å²) < 4.78 is 13.7. The van der Waals surface area contributed by atoms with Crippen LogP contribution in [0.15, 0.2) is 18.2 Å². The van der Waals surface area contributed by atoms with Gasteiger partial charge >= 0.3 is 0 Å². The SMILES string of the molecule is OCc1ccc(F)c(CNC2CCNC23CCC3)c1. The Hall–Kier alpha value is -0.970. The fraction of sp³-hybridized carbons (Fsp3) is 0.600. The number of aliphatic hydroxyl groups excluding tert-OH is 1. The van der Waals surface area contributed by atoms with Gasteiger partial charge in [0.15, 0.2) is 0 Å². The molecule has 3 nitrogen and oxygen atoms in total. The van der Waals surface area contributed by atoms with E-state index in [-0.39, 0.29) is 18.0 Å². The quantitative estimate of drug-likeness (QED) is 0.775. The first kappa shape index (κ1) is 13.0. The molecule has 104 valence electrons. The van der Waals surface area contributed by atoms with Crippen molar-refractivity contribution in [2.24, 2.45) is 0 Å². The van der Waals surface area contributed by atoms with E-state index in [0.29, 0.717) is 18.2 Å². The molecule has 2 fully saturated rings. The molecule has 0 bridgehead atoms. The Kier molecular flexibility index (Phi) is 3.56. The fourth-order valence-corrected chi connectivity index (χ4v) is 3.34. The second kappa shape index (κ2) is 5.19. The standard InChI is InChI=1S/C15H21FN2O/c16-13-3-2-11(10-19)8-12(13)9-17-14-4-7-18-15(14)5-1-6-15/h2-3,8,14,17-19H,1,4-7,9-10H2. The highest BCUT2D eigenvalue weighted by Crippen LogP contribution is 2.39. The van der Waals surface area contributed by atoms with Crippen LogP contribution in [-0.4, -0.2) is 23.2 Å². The molecule has 4 heteroatoms. The first-order chi connectivity index (χ1) is 9.23. The van der Waals surface area contributed by atoms with Crippen LogP contribution in [0.25, 0.3) is 0 Å². The third-order valence-corrected chi connectivity index (χ3v) is 4.65. The summed E-state index contributed by atoms with van der Waals surface area (Å²) >= 11 is 0. The van der Waals surface area contributed by atoms with E-state index in [4.69, 9.17) is 5.11 Å². The van der Waals surface area contributed by atoms with Gasteiger partial charge in [0.25, 0.3) is 0 Å². The van der Waals surface area contributed by atoms with Crippen LogP contribution < -0.4 is 10.6 Å². The van der Waals surface area contributed by atoms with Gasteiger partial charge < -0.3 is 15.7 Å². The number of aliphatic hydroxyl groups is 1. The predicted molar refractivity (Wildman–Crippen MR) is 72.2 cm³/mol. The van der Waals surface area contributed by atoms with Crippen molar-refractivity contribution in [3.8, 4) is 0 Å². The molecule has 0 amide bonds. The van der Waals surface area contributed by atoms with Crippen molar-refractivity contribution in [1.29, 1.82) is 0 Å². The maximum Gasteiger partial charge on any atom is 0.127 e. The Labute approximate surface area is 113 Å². The Bertz CT molecular complexity index is 459. The molecule has 1 saturated heterocycles. The molecule has 1 aliphatic carbocycles. The van der Waals surface area contributed by atoms with Crippen LogP contribution in [0, 0.1) is 5.82 Å². The monoisotopic (exact) mass is 264 g/mol. The van der Waals surface area contributed by atoms with E-state index in [1.165, 1.54) is 25.3 Å². The smallest absolute Gasteiger partial charge is 0.127 e. The fourth-order valence-electron chi connectivity index (χ4n) is 3.34. The minimum Gasteiger partial charge on any atom is -0.392 e. The number of benzene rings is 1. The van der Waals surface area contributed by atoms with Crippen molar-refractivity contribution in [3.63, 3.8) is 0 Å². The number of rotatable bonds is 4. The average molecular weight is 264 g/mol. The zero-order chi connectivity index (χ0) is 13.3. The van der Waals surface area contributed by atoms with Crippen molar-refractivity contribution in [2.75, 3.05) is 6.54 Å². The van der Waals surface area contributed by atoms with E-state index < -0.39 is 0 Å². The molecule has 3 N–H and O–H groups in total. The normalized spacial score (nSPS) is 24.6. The first-order valence-electron chi connectivity index (χ1n) is 7.10. The van der Waals surface area contributed by atoms with Crippen molar-refractivity contribution in [3.05, 3.63) is 35.1 Å². The minimum atomic E-state index is -0.196. The van der Waals surface area contributed by atoms with Crippen LogP contribution in [0.1, 0.15) is 36.8 Å². The number of nitrogens with one attached hydrogen (secondary N) is 2. The molecule has 3 rings (SSSR count). The molecule has 19 heavy (non-hydrogen) atoms. The maximum atomic E-state index is 13.7. The van der Waals surface area contributed by atoms with Gasteiger partial charge in [-0.05, 0) is 49.9 Å². The molecule has 1 spiro atoms. The summed E-state index contributed by atoms with van der Waals surface area (Å²) in [7, 11) is 0. The summed E-state index contributed by atoms with van der Waals surface area (Å²) in [5.41, 5.74) is 1.68. The summed E-state index contributed by atoms with van der Waals surface area (Å²) in [6.45, 7) is 1.55. The van der Waals surface area contributed by atoms with Crippen LogP contribution in [0.4, 0.5) is 4.39 Å². The van der Waals surface area contributed by atoms with Gasteiger partial charge in [-0.25, -0.2) is 4.39 Å². The highest BCUT2D eigenvalue weighted by Gasteiger charge is 2.46.